The quantitative estimate of drug-likeness (QED) is 0.878. The lowest BCUT2D eigenvalue weighted by Gasteiger charge is -2.13. The lowest BCUT2D eigenvalue weighted by Crippen LogP contribution is -2.30. The molecule has 1 aliphatic rings. The number of ether oxygens (including phenoxy) is 1. The van der Waals surface area contributed by atoms with Crippen molar-refractivity contribution in [2.24, 2.45) is 5.92 Å². The predicted octanol–water partition coefficient (Wildman–Crippen LogP) is 3.23. The molecule has 22 heavy (non-hydrogen) atoms. The van der Waals surface area contributed by atoms with E-state index in [1.54, 1.807) is 6.07 Å². The van der Waals surface area contributed by atoms with Gasteiger partial charge in [0.1, 0.15) is 5.75 Å². The lowest BCUT2D eigenvalue weighted by atomic mass is 9.97. The Morgan fingerprint density at radius 2 is 2.14 bits per heavy atom. The minimum absolute atomic E-state index is 0.0464. The summed E-state index contributed by atoms with van der Waals surface area (Å²) < 4.78 is 5.61. The number of carbonyl (C=O) groups excluding carboxylic acids is 2. The van der Waals surface area contributed by atoms with Crippen LogP contribution in [0, 0.1) is 12.8 Å². The van der Waals surface area contributed by atoms with Crippen molar-refractivity contribution in [3.63, 3.8) is 0 Å². The van der Waals surface area contributed by atoms with Gasteiger partial charge in [0.05, 0.1) is 5.56 Å². The van der Waals surface area contributed by atoms with E-state index in [4.69, 9.17) is 4.74 Å². The summed E-state index contributed by atoms with van der Waals surface area (Å²) in [6.45, 7) is 8.91. The molecule has 1 aromatic carbocycles. The van der Waals surface area contributed by atoms with E-state index in [0.717, 1.165) is 17.5 Å². The number of nitrogens with one attached hydrogen (secondary N) is 1. The number of benzene rings is 1. The predicted molar refractivity (Wildman–Crippen MR) is 86.5 cm³/mol. The van der Waals surface area contributed by atoms with Crippen LogP contribution < -0.4 is 10.1 Å². The fraction of sp³-hybridized carbons (Fsp3) is 0.556. The van der Waals surface area contributed by atoms with Gasteiger partial charge in [-0.05, 0) is 42.4 Å². The molecular formula is C18H25NO3. The lowest BCUT2D eigenvalue weighted by molar-refractivity contribution is -0.123. The number of carbonyl (C=O) groups is 2. The first-order valence-corrected chi connectivity index (χ1v) is 7.96. The van der Waals surface area contributed by atoms with E-state index >= 15 is 0 Å². The number of Topliss-reactive ketones (excluding diaryl/α,β-unsaturated/α-hetero) is 1. The second-order valence-electron chi connectivity index (χ2n) is 6.52. The van der Waals surface area contributed by atoms with Crippen molar-refractivity contribution >= 4 is 11.7 Å². The summed E-state index contributed by atoms with van der Waals surface area (Å²) in [6.07, 6.45) is 1.47. The Kier molecular flexibility index (Phi) is 5.22. The van der Waals surface area contributed by atoms with Gasteiger partial charge in [0.25, 0.3) is 5.91 Å². The Balaban J connectivity index is 2.00. The second kappa shape index (κ2) is 6.95. The number of ketones is 1. The van der Waals surface area contributed by atoms with E-state index in [2.05, 4.69) is 26.1 Å². The molecule has 4 heteroatoms. The van der Waals surface area contributed by atoms with E-state index in [9.17, 15) is 9.59 Å². The molecule has 0 radical (unpaired) electrons. The first-order chi connectivity index (χ1) is 10.4. The minimum Gasteiger partial charge on any atom is -0.483 e. The van der Waals surface area contributed by atoms with Crippen LogP contribution in [0.25, 0.3) is 0 Å². The Morgan fingerprint density at radius 1 is 1.41 bits per heavy atom. The van der Waals surface area contributed by atoms with E-state index in [1.165, 1.54) is 0 Å². The van der Waals surface area contributed by atoms with Crippen molar-refractivity contribution in [3.8, 4) is 5.75 Å². The van der Waals surface area contributed by atoms with Gasteiger partial charge < -0.3 is 10.1 Å². The van der Waals surface area contributed by atoms with Crippen LogP contribution in [0.15, 0.2) is 12.1 Å². The van der Waals surface area contributed by atoms with Gasteiger partial charge in [0.2, 0.25) is 0 Å². The zero-order chi connectivity index (χ0) is 16.3. The molecule has 0 saturated carbocycles. The van der Waals surface area contributed by atoms with Crippen molar-refractivity contribution in [3.05, 3.63) is 28.8 Å². The van der Waals surface area contributed by atoms with Crippen LogP contribution >= 0.6 is 0 Å². The van der Waals surface area contributed by atoms with Gasteiger partial charge in [-0.2, -0.15) is 0 Å². The summed E-state index contributed by atoms with van der Waals surface area (Å²) in [5, 5.41) is 2.83. The molecule has 0 bridgehead atoms. The molecule has 0 aliphatic heterocycles. The number of amides is 1. The highest BCUT2D eigenvalue weighted by atomic mass is 16.5. The Morgan fingerprint density at radius 3 is 2.82 bits per heavy atom. The van der Waals surface area contributed by atoms with Crippen molar-refractivity contribution in [1.29, 1.82) is 0 Å². The third-order valence-electron chi connectivity index (χ3n) is 4.09. The molecule has 1 aromatic rings. The molecule has 120 valence electrons. The molecule has 4 nitrogen and oxygen atoms in total. The molecule has 1 unspecified atom stereocenters. The summed E-state index contributed by atoms with van der Waals surface area (Å²) in [7, 11) is 0. The molecular weight excluding hydrogens is 278 g/mol. The largest absolute Gasteiger partial charge is 0.483 e. The van der Waals surface area contributed by atoms with Crippen LogP contribution in [-0.2, 0) is 4.79 Å². The summed E-state index contributed by atoms with van der Waals surface area (Å²) in [6, 6.07) is 3.76. The van der Waals surface area contributed by atoms with Crippen molar-refractivity contribution in [2.75, 3.05) is 13.2 Å². The fourth-order valence-electron chi connectivity index (χ4n) is 2.92. The molecule has 0 fully saturated rings. The second-order valence-corrected chi connectivity index (χ2v) is 6.52. The van der Waals surface area contributed by atoms with Gasteiger partial charge in [0.15, 0.2) is 12.4 Å². The summed E-state index contributed by atoms with van der Waals surface area (Å²) >= 11 is 0. The average molecular weight is 303 g/mol. The van der Waals surface area contributed by atoms with E-state index in [-0.39, 0.29) is 24.2 Å². The average Bonchev–Trinajstić information content (AvgIpc) is 2.74. The highest BCUT2D eigenvalue weighted by molar-refractivity contribution is 6.04. The highest BCUT2D eigenvalue weighted by Crippen LogP contribution is 2.40. The number of hydrogen-bond donors (Lipinski definition) is 1. The highest BCUT2D eigenvalue weighted by Gasteiger charge is 2.31. The first kappa shape index (κ1) is 16.5. The molecule has 0 saturated heterocycles. The zero-order valence-electron chi connectivity index (χ0n) is 13.9. The third-order valence-corrected chi connectivity index (χ3v) is 4.09. The third kappa shape index (κ3) is 3.67. The van der Waals surface area contributed by atoms with Crippen molar-refractivity contribution in [1.82, 2.24) is 5.32 Å². The molecule has 1 atom stereocenters. The minimum atomic E-state index is -0.145. The van der Waals surface area contributed by atoms with E-state index in [1.807, 2.05) is 13.0 Å². The number of fused-ring (bicyclic) bond motifs is 1. The van der Waals surface area contributed by atoms with Gasteiger partial charge in [-0.1, -0.05) is 26.8 Å². The van der Waals surface area contributed by atoms with Gasteiger partial charge >= 0.3 is 0 Å². The van der Waals surface area contributed by atoms with Gasteiger partial charge in [0, 0.05) is 13.0 Å². The molecule has 1 N–H and O–H groups in total. The monoisotopic (exact) mass is 303 g/mol. The topological polar surface area (TPSA) is 55.4 Å². The number of aryl methyl sites for hydroxylation is 1. The number of rotatable bonds is 6. The first-order valence-electron chi connectivity index (χ1n) is 7.96. The normalized spacial score (nSPS) is 16.8. The smallest absolute Gasteiger partial charge is 0.257 e. The van der Waals surface area contributed by atoms with E-state index in [0.29, 0.717) is 30.2 Å². The van der Waals surface area contributed by atoms with Crippen LogP contribution in [0.5, 0.6) is 5.75 Å². The summed E-state index contributed by atoms with van der Waals surface area (Å²) in [5.41, 5.74) is 2.85. The van der Waals surface area contributed by atoms with Gasteiger partial charge in [-0.3, -0.25) is 9.59 Å². The molecule has 0 aromatic heterocycles. The van der Waals surface area contributed by atoms with E-state index < -0.39 is 0 Å². The standard InChI is InChI=1S/C18H25NO3/c1-11(2)7-8-19-16(21)10-22-15-6-5-12(3)17-13(4)9-14(20)18(15)17/h5-6,11,13H,7-10H2,1-4H3,(H,19,21). The SMILES string of the molecule is Cc1ccc(OCC(=O)NCCC(C)C)c2c1C(C)CC2=O. The van der Waals surface area contributed by atoms with Crippen LogP contribution in [0.1, 0.15) is 61.0 Å². The Labute approximate surface area is 132 Å². The molecule has 1 aliphatic carbocycles. The van der Waals surface area contributed by atoms with Crippen molar-refractivity contribution in [2.45, 2.75) is 46.5 Å². The maximum absolute atomic E-state index is 12.2. The van der Waals surface area contributed by atoms with Crippen LogP contribution in [0.3, 0.4) is 0 Å². The molecule has 2 rings (SSSR count). The Bertz CT molecular complexity index is 578. The van der Waals surface area contributed by atoms with Crippen LogP contribution in [0.4, 0.5) is 0 Å². The molecule has 1 amide bonds. The molecule has 0 heterocycles. The van der Waals surface area contributed by atoms with Gasteiger partial charge in [-0.25, -0.2) is 0 Å². The zero-order valence-corrected chi connectivity index (χ0v) is 13.9. The fourth-order valence-corrected chi connectivity index (χ4v) is 2.92. The van der Waals surface area contributed by atoms with Crippen molar-refractivity contribution < 1.29 is 14.3 Å². The van der Waals surface area contributed by atoms with Crippen LogP contribution in [0.2, 0.25) is 0 Å². The summed E-state index contributed by atoms with van der Waals surface area (Å²) in [4.78, 5) is 23.9. The summed E-state index contributed by atoms with van der Waals surface area (Å²) in [5.74, 6) is 1.29. The molecule has 0 spiro atoms. The maximum atomic E-state index is 12.2. The Hall–Kier alpha value is -1.84. The maximum Gasteiger partial charge on any atom is 0.257 e. The van der Waals surface area contributed by atoms with Gasteiger partial charge in [-0.15, -0.1) is 0 Å². The number of hydrogen-bond acceptors (Lipinski definition) is 3. The van der Waals surface area contributed by atoms with Crippen LogP contribution in [-0.4, -0.2) is 24.8 Å².